The van der Waals surface area contributed by atoms with E-state index in [-0.39, 0.29) is 54.9 Å². The van der Waals surface area contributed by atoms with Crippen LogP contribution in [0.25, 0.3) is 10.7 Å². The van der Waals surface area contributed by atoms with Gasteiger partial charge in [-0.05, 0) is 12.5 Å². The Kier molecular flexibility index (Phi) is 9.83. The van der Waals surface area contributed by atoms with Crippen molar-refractivity contribution in [3.63, 3.8) is 0 Å². The Labute approximate surface area is 192 Å². The molecule has 0 unspecified atom stereocenters. The Morgan fingerprint density at radius 1 is 1.21 bits per heavy atom. The summed E-state index contributed by atoms with van der Waals surface area (Å²) in [4.78, 5) is 3.14. The first-order valence-electron chi connectivity index (χ1n) is 7.65. The molecule has 3 rings (SSSR count). The van der Waals surface area contributed by atoms with Gasteiger partial charge in [-0.25, -0.2) is 17.7 Å². The topological polar surface area (TPSA) is 70.5 Å². The minimum atomic E-state index is -4.75. The van der Waals surface area contributed by atoms with Gasteiger partial charge in [0.1, 0.15) is 16.3 Å². The van der Waals surface area contributed by atoms with Crippen LogP contribution in [0.5, 0.6) is 0 Å². The summed E-state index contributed by atoms with van der Waals surface area (Å²) in [6.07, 6.45) is -4.75. The molecule has 1 N–H and O–H groups in total. The molecule has 1 aromatic carbocycles. The number of thiazole rings is 1. The predicted molar refractivity (Wildman–Crippen MR) is 103 cm³/mol. The number of hydrogen-bond acceptors (Lipinski definition) is 5. The van der Waals surface area contributed by atoms with Gasteiger partial charge < -0.3 is 12.5 Å². The molecule has 1 aromatic heterocycles. The fourth-order valence-electron chi connectivity index (χ4n) is 2.45. The molecule has 0 bridgehead atoms. The van der Waals surface area contributed by atoms with E-state index < -0.39 is 39.2 Å². The summed E-state index contributed by atoms with van der Waals surface area (Å²) in [7, 11) is -4.62. The molecule has 1 aliphatic rings. The van der Waals surface area contributed by atoms with Crippen molar-refractivity contribution in [3.8, 4) is 0 Å². The maximum Gasteiger partial charge on any atom is 0.407 e. The number of aliphatic hydroxyl groups excluding tert-OH is 1. The molecule has 5 nitrogen and oxygen atoms in total. The number of anilines is 1. The maximum absolute atomic E-state index is 12.9. The summed E-state index contributed by atoms with van der Waals surface area (Å²) < 4.78 is 64.4. The number of halogens is 3. The molecule has 0 amide bonds. The maximum atomic E-state index is 12.9. The fourth-order valence-corrected chi connectivity index (χ4v) is 5.06. The molecule has 0 atom stereocenters. The average molecular weight is 510 g/mol. The van der Waals surface area contributed by atoms with Crippen LogP contribution in [0.2, 0.25) is 0 Å². The zero-order chi connectivity index (χ0) is 19.7. The van der Waals surface area contributed by atoms with Gasteiger partial charge in [-0.1, -0.05) is 38.1 Å². The van der Waals surface area contributed by atoms with Crippen molar-refractivity contribution >= 4 is 37.8 Å². The molecular weight excluding hydrogens is 490 g/mol. The second-order valence-electron chi connectivity index (χ2n) is 5.12. The van der Waals surface area contributed by atoms with Crippen molar-refractivity contribution in [3.05, 3.63) is 53.2 Å². The van der Waals surface area contributed by atoms with Gasteiger partial charge in [0, 0.05) is 38.3 Å². The standard InChI is InChI=1S/C14H11F3N2O3S2.C2H6.CH3.Y/c1-8-4-2-3-5-9(8)12-10(20)11-13(18-7-23-11)19(24(12,21)22)6-14(15,16)17;1-2;;/h2-5,7,20H,6H2,1H3;1-2H3;1H3;/q;;-1;. The molecule has 28 heavy (non-hydrogen) atoms. The van der Waals surface area contributed by atoms with Crippen LogP contribution in [0.15, 0.2) is 29.8 Å². The van der Waals surface area contributed by atoms with Crippen LogP contribution in [0, 0.1) is 14.4 Å². The van der Waals surface area contributed by atoms with Crippen molar-refractivity contribution in [1.29, 1.82) is 0 Å². The van der Waals surface area contributed by atoms with Crippen LogP contribution in [0.4, 0.5) is 19.0 Å². The van der Waals surface area contributed by atoms with Crippen LogP contribution in [0.1, 0.15) is 29.9 Å². The van der Waals surface area contributed by atoms with Gasteiger partial charge in [0.15, 0.2) is 11.6 Å². The smallest absolute Gasteiger partial charge is 0.407 e. The summed E-state index contributed by atoms with van der Waals surface area (Å²) >= 11 is 0.876. The summed E-state index contributed by atoms with van der Waals surface area (Å²) in [5.41, 5.74) is 1.87. The quantitative estimate of drug-likeness (QED) is 0.576. The fraction of sp³-hybridized carbons (Fsp3) is 0.294. The van der Waals surface area contributed by atoms with E-state index in [0.29, 0.717) is 5.56 Å². The molecule has 2 aromatic rings. The third-order valence-corrected chi connectivity index (χ3v) is 6.11. The number of alkyl halides is 3. The van der Waals surface area contributed by atoms with E-state index in [1.807, 2.05) is 13.8 Å². The Morgan fingerprint density at radius 3 is 2.32 bits per heavy atom. The number of aryl methyl sites for hydroxylation is 1. The number of benzene rings is 1. The molecule has 0 spiro atoms. The van der Waals surface area contributed by atoms with Crippen molar-refractivity contribution in [1.82, 2.24) is 4.98 Å². The first-order valence-corrected chi connectivity index (χ1v) is 9.97. The number of nitrogens with zero attached hydrogens (tertiary/aromatic N) is 2. The van der Waals surface area contributed by atoms with E-state index >= 15 is 0 Å². The van der Waals surface area contributed by atoms with E-state index in [4.69, 9.17) is 0 Å². The Morgan fingerprint density at radius 2 is 1.79 bits per heavy atom. The van der Waals surface area contributed by atoms with E-state index in [2.05, 4.69) is 4.98 Å². The van der Waals surface area contributed by atoms with Gasteiger partial charge in [-0.2, -0.15) is 13.2 Å². The minimum Gasteiger partial charge on any atom is -0.505 e. The molecule has 0 aliphatic carbocycles. The van der Waals surface area contributed by atoms with Gasteiger partial charge in [0.2, 0.25) is 0 Å². The Balaban J connectivity index is 0.00000177. The number of hydrogen-bond donors (Lipinski definition) is 1. The SMILES string of the molecule is CC.Cc1ccccc1C1=C(O)c2scnc2N(CC(F)(F)F)S1(=O)=O.[CH3-].[Y]. The molecule has 0 saturated heterocycles. The van der Waals surface area contributed by atoms with Crippen LogP contribution >= 0.6 is 11.3 Å². The molecule has 0 saturated carbocycles. The number of aromatic nitrogens is 1. The van der Waals surface area contributed by atoms with Gasteiger partial charge in [0.05, 0.1) is 5.51 Å². The monoisotopic (exact) mass is 510 g/mol. The molecule has 2 heterocycles. The summed E-state index contributed by atoms with van der Waals surface area (Å²) in [5, 5.41) is 10.4. The number of sulfonamides is 1. The van der Waals surface area contributed by atoms with E-state index in [1.54, 1.807) is 25.1 Å². The first-order chi connectivity index (χ1) is 12.1. The normalized spacial score (nSPS) is 14.9. The van der Waals surface area contributed by atoms with Gasteiger partial charge in [0.25, 0.3) is 10.0 Å². The molecule has 0 fully saturated rings. The summed E-state index contributed by atoms with van der Waals surface area (Å²) in [6.45, 7) is 3.90. The van der Waals surface area contributed by atoms with Crippen molar-refractivity contribution < 1.29 is 59.4 Å². The predicted octanol–water partition coefficient (Wildman–Crippen LogP) is 5.02. The van der Waals surface area contributed by atoms with Crippen LogP contribution in [0.3, 0.4) is 0 Å². The van der Waals surface area contributed by atoms with Crippen LogP contribution < -0.4 is 4.31 Å². The van der Waals surface area contributed by atoms with Gasteiger partial charge in [-0.15, -0.1) is 11.3 Å². The second kappa shape index (κ2) is 10.2. The zero-order valence-electron chi connectivity index (χ0n) is 15.8. The van der Waals surface area contributed by atoms with Gasteiger partial charge in [-0.3, -0.25) is 0 Å². The van der Waals surface area contributed by atoms with E-state index in [0.717, 1.165) is 11.3 Å². The van der Waals surface area contributed by atoms with Crippen LogP contribution in [-0.2, 0) is 42.7 Å². The average Bonchev–Trinajstić information content (AvgIpc) is 3.04. The summed E-state index contributed by atoms with van der Waals surface area (Å²) in [5.74, 6) is -0.993. The van der Waals surface area contributed by atoms with Gasteiger partial charge >= 0.3 is 6.18 Å². The van der Waals surface area contributed by atoms with Crippen molar-refractivity contribution in [2.24, 2.45) is 0 Å². The van der Waals surface area contributed by atoms with Crippen LogP contribution in [-0.4, -0.2) is 31.2 Å². The van der Waals surface area contributed by atoms with E-state index in [9.17, 15) is 26.7 Å². The van der Waals surface area contributed by atoms with Crippen molar-refractivity contribution in [2.75, 3.05) is 10.8 Å². The molecule has 11 heteroatoms. The minimum absolute atomic E-state index is 0. The van der Waals surface area contributed by atoms with Crippen molar-refractivity contribution in [2.45, 2.75) is 26.9 Å². The molecule has 153 valence electrons. The number of fused-ring (bicyclic) bond motifs is 1. The third-order valence-electron chi connectivity index (χ3n) is 3.48. The first kappa shape index (κ1) is 27.0. The number of aliphatic hydroxyl groups is 1. The van der Waals surface area contributed by atoms with E-state index in [1.165, 1.54) is 11.6 Å². The second-order valence-corrected chi connectivity index (χ2v) is 7.78. The largest absolute Gasteiger partial charge is 0.505 e. The third kappa shape index (κ3) is 5.14. The Hall–Kier alpha value is -0.966. The number of rotatable bonds is 2. The molecular formula is C17H20F3N2O3S2Y-. The molecule has 1 radical (unpaired) electrons. The Bertz CT molecular complexity index is 941. The summed E-state index contributed by atoms with van der Waals surface area (Å²) in [6, 6.07) is 6.27. The molecule has 1 aliphatic heterocycles. The zero-order valence-corrected chi connectivity index (χ0v) is 20.3.